The van der Waals surface area contributed by atoms with Gasteiger partial charge in [0.15, 0.2) is 6.61 Å². The summed E-state index contributed by atoms with van der Waals surface area (Å²) in [6, 6.07) is 4.97. The van der Waals surface area contributed by atoms with Gasteiger partial charge in [-0.05, 0) is 56.5 Å². The van der Waals surface area contributed by atoms with E-state index in [1.807, 2.05) is 0 Å². The number of benzene rings is 1. The van der Waals surface area contributed by atoms with Crippen LogP contribution in [0.1, 0.15) is 19.3 Å². The Labute approximate surface area is 159 Å². The molecule has 0 spiro atoms. The Morgan fingerprint density at radius 2 is 2.26 bits per heavy atom. The van der Waals surface area contributed by atoms with Gasteiger partial charge < -0.3 is 30.3 Å². The highest BCUT2D eigenvalue weighted by Gasteiger charge is 2.22. The number of nitrogens with zero attached hydrogens (tertiary/aromatic N) is 2. The van der Waals surface area contributed by atoms with Crippen molar-refractivity contribution in [1.82, 2.24) is 10.2 Å². The number of urea groups is 1. The average Bonchev–Trinajstić information content (AvgIpc) is 2.68. The van der Waals surface area contributed by atoms with Gasteiger partial charge in [-0.2, -0.15) is 0 Å². The number of nitrogens with one attached hydrogen (secondary N) is 2. The highest BCUT2D eigenvalue weighted by atomic mass is 16.5. The number of amides is 3. The summed E-state index contributed by atoms with van der Waals surface area (Å²) in [7, 11) is 1.69. The molecule has 1 aromatic rings. The predicted molar refractivity (Wildman–Crippen MR) is 103 cm³/mol. The molecule has 0 aromatic heterocycles. The summed E-state index contributed by atoms with van der Waals surface area (Å²) in [5.74, 6) is 0.893. The third-order valence-electron chi connectivity index (χ3n) is 5.10. The van der Waals surface area contributed by atoms with Crippen LogP contribution < -0.4 is 20.3 Å². The van der Waals surface area contributed by atoms with Gasteiger partial charge in [-0.25, -0.2) is 4.79 Å². The van der Waals surface area contributed by atoms with Crippen molar-refractivity contribution < 1.29 is 19.4 Å². The second-order valence-electron chi connectivity index (χ2n) is 7.15. The highest BCUT2D eigenvalue weighted by Crippen LogP contribution is 2.33. The Balaban J connectivity index is 1.41. The molecule has 1 atom stereocenters. The molecule has 2 aliphatic rings. The van der Waals surface area contributed by atoms with Gasteiger partial charge in [0.1, 0.15) is 5.75 Å². The highest BCUT2D eigenvalue weighted by molar-refractivity contribution is 5.99. The summed E-state index contributed by atoms with van der Waals surface area (Å²) in [4.78, 5) is 27.7. The molecule has 8 heteroatoms. The molecule has 148 valence electrons. The number of aliphatic hydroxyl groups is 1. The number of hydrogen-bond donors (Lipinski definition) is 3. The monoisotopic (exact) mass is 376 g/mol. The number of aliphatic hydroxyl groups excluding tert-OH is 1. The fraction of sp³-hybridized carbons (Fsp3) is 0.579. The van der Waals surface area contributed by atoms with Crippen molar-refractivity contribution in [2.75, 3.05) is 56.7 Å². The van der Waals surface area contributed by atoms with Crippen LogP contribution in [-0.2, 0) is 4.79 Å². The zero-order chi connectivity index (χ0) is 19.2. The lowest BCUT2D eigenvalue weighted by Gasteiger charge is -2.31. The number of anilines is 2. The van der Waals surface area contributed by atoms with Crippen molar-refractivity contribution in [3.63, 3.8) is 0 Å². The van der Waals surface area contributed by atoms with Gasteiger partial charge in [0.2, 0.25) is 0 Å². The van der Waals surface area contributed by atoms with Crippen LogP contribution in [0.2, 0.25) is 0 Å². The molecule has 3 rings (SSSR count). The summed E-state index contributed by atoms with van der Waals surface area (Å²) in [5.41, 5.74) is 1.26. The fourth-order valence-corrected chi connectivity index (χ4v) is 3.53. The van der Waals surface area contributed by atoms with E-state index in [0.717, 1.165) is 38.9 Å². The molecule has 1 fully saturated rings. The summed E-state index contributed by atoms with van der Waals surface area (Å²) in [5, 5.41) is 14.9. The Hall–Kier alpha value is -2.32. The lowest BCUT2D eigenvalue weighted by molar-refractivity contribution is -0.120. The topological polar surface area (TPSA) is 94.1 Å². The maximum absolute atomic E-state index is 12.1. The molecule has 0 unspecified atom stereocenters. The van der Waals surface area contributed by atoms with Crippen LogP contribution in [0.15, 0.2) is 18.2 Å². The first-order chi connectivity index (χ1) is 13.1. The standard InChI is InChI=1S/C19H28N4O4/c1-22-16-10-15(5-6-17(16)27-13-18(22)25)21-19(26)20-7-3-9-23-8-2-4-14(11-23)12-24/h5-6,10,14,24H,2-4,7-9,11-13H2,1H3,(H2,20,21,26)/t14-/m0/s1. The summed E-state index contributed by atoms with van der Waals surface area (Å²) < 4.78 is 5.38. The smallest absolute Gasteiger partial charge is 0.319 e. The Bertz CT molecular complexity index is 682. The second-order valence-corrected chi connectivity index (χ2v) is 7.15. The number of rotatable bonds is 6. The molecule has 0 radical (unpaired) electrons. The largest absolute Gasteiger partial charge is 0.482 e. The summed E-state index contributed by atoms with van der Waals surface area (Å²) >= 11 is 0. The van der Waals surface area contributed by atoms with E-state index in [-0.39, 0.29) is 25.2 Å². The summed E-state index contributed by atoms with van der Waals surface area (Å²) in [6.07, 6.45) is 3.08. The number of likely N-dealkylation sites (N-methyl/N-ethyl adjacent to an activating group) is 1. The van der Waals surface area contributed by atoms with E-state index in [0.29, 0.717) is 29.6 Å². The molecule has 2 heterocycles. The minimum atomic E-state index is -0.271. The molecule has 0 aliphatic carbocycles. The molecule has 2 aliphatic heterocycles. The zero-order valence-electron chi connectivity index (χ0n) is 15.7. The number of carbonyl (C=O) groups excluding carboxylic acids is 2. The van der Waals surface area contributed by atoms with E-state index < -0.39 is 0 Å². The van der Waals surface area contributed by atoms with Gasteiger partial charge >= 0.3 is 6.03 Å². The maximum atomic E-state index is 12.1. The van der Waals surface area contributed by atoms with Crippen LogP contribution >= 0.6 is 0 Å². The van der Waals surface area contributed by atoms with E-state index in [4.69, 9.17) is 4.74 Å². The van der Waals surface area contributed by atoms with Gasteiger partial charge in [0, 0.05) is 32.4 Å². The number of hydrogen-bond acceptors (Lipinski definition) is 5. The van der Waals surface area contributed by atoms with Crippen molar-refractivity contribution in [3.8, 4) is 5.75 Å². The van der Waals surface area contributed by atoms with Crippen molar-refractivity contribution in [2.45, 2.75) is 19.3 Å². The number of likely N-dealkylation sites (tertiary alicyclic amines) is 1. The minimum absolute atomic E-state index is 0.0346. The van der Waals surface area contributed by atoms with E-state index in [1.54, 1.807) is 25.2 Å². The predicted octanol–water partition coefficient (Wildman–Crippen LogP) is 1.26. The summed E-state index contributed by atoms with van der Waals surface area (Å²) in [6.45, 7) is 3.79. The van der Waals surface area contributed by atoms with Crippen molar-refractivity contribution >= 4 is 23.3 Å². The number of ether oxygens (including phenoxy) is 1. The lowest BCUT2D eigenvalue weighted by atomic mass is 9.99. The third-order valence-corrected chi connectivity index (χ3v) is 5.10. The van der Waals surface area contributed by atoms with Crippen molar-refractivity contribution in [1.29, 1.82) is 0 Å². The first kappa shape index (κ1) is 19.4. The lowest BCUT2D eigenvalue weighted by Crippen LogP contribution is -2.39. The van der Waals surface area contributed by atoms with Crippen LogP contribution in [0.4, 0.5) is 16.2 Å². The Kier molecular flexibility index (Phi) is 6.52. The molecule has 3 amide bonds. The maximum Gasteiger partial charge on any atom is 0.319 e. The van der Waals surface area contributed by atoms with Crippen LogP contribution in [0.25, 0.3) is 0 Å². The quantitative estimate of drug-likeness (QED) is 0.650. The Morgan fingerprint density at radius 3 is 3.07 bits per heavy atom. The zero-order valence-corrected chi connectivity index (χ0v) is 15.7. The van der Waals surface area contributed by atoms with E-state index >= 15 is 0 Å². The molecule has 0 bridgehead atoms. The molecule has 8 nitrogen and oxygen atoms in total. The fourth-order valence-electron chi connectivity index (χ4n) is 3.53. The third kappa shape index (κ3) is 5.11. The van der Waals surface area contributed by atoms with Gasteiger partial charge in [0.05, 0.1) is 5.69 Å². The SMILES string of the molecule is CN1C(=O)COc2ccc(NC(=O)NCCCN3CCC[C@H](CO)C3)cc21. The van der Waals surface area contributed by atoms with Crippen LogP contribution in [-0.4, -0.2) is 68.4 Å². The van der Waals surface area contributed by atoms with Crippen LogP contribution in [0.5, 0.6) is 5.75 Å². The first-order valence-electron chi connectivity index (χ1n) is 9.48. The number of fused-ring (bicyclic) bond motifs is 1. The normalized spacial score (nSPS) is 20.0. The van der Waals surface area contributed by atoms with Gasteiger partial charge in [-0.3, -0.25) is 4.79 Å². The van der Waals surface area contributed by atoms with E-state index in [9.17, 15) is 14.7 Å². The van der Waals surface area contributed by atoms with Crippen LogP contribution in [0.3, 0.4) is 0 Å². The van der Waals surface area contributed by atoms with Crippen molar-refractivity contribution in [2.24, 2.45) is 5.92 Å². The van der Waals surface area contributed by atoms with E-state index in [2.05, 4.69) is 15.5 Å². The van der Waals surface area contributed by atoms with Crippen molar-refractivity contribution in [3.05, 3.63) is 18.2 Å². The number of carbonyl (C=O) groups is 2. The molecule has 27 heavy (non-hydrogen) atoms. The van der Waals surface area contributed by atoms with E-state index in [1.165, 1.54) is 4.90 Å². The average molecular weight is 376 g/mol. The number of piperidine rings is 1. The second kappa shape index (κ2) is 9.05. The van der Waals surface area contributed by atoms with Gasteiger partial charge in [0.25, 0.3) is 5.91 Å². The van der Waals surface area contributed by atoms with Gasteiger partial charge in [-0.15, -0.1) is 0 Å². The minimum Gasteiger partial charge on any atom is -0.482 e. The first-order valence-corrected chi connectivity index (χ1v) is 9.48. The molecule has 1 aromatic carbocycles. The van der Waals surface area contributed by atoms with Gasteiger partial charge in [-0.1, -0.05) is 0 Å². The molecular formula is C19H28N4O4. The Morgan fingerprint density at radius 1 is 1.41 bits per heavy atom. The molecular weight excluding hydrogens is 348 g/mol. The molecule has 3 N–H and O–H groups in total. The molecule has 1 saturated heterocycles. The van der Waals surface area contributed by atoms with Crippen LogP contribution in [0, 0.1) is 5.92 Å². The molecule has 0 saturated carbocycles.